The van der Waals surface area contributed by atoms with Crippen molar-refractivity contribution in [1.82, 2.24) is 0 Å². The number of hydrogen-bond acceptors (Lipinski definition) is 1. The maximum absolute atomic E-state index is 14.6. The highest BCUT2D eigenvalue weighted by molar-refractivity contribution is 5.35. The van der Waals surface area contributed by atoms with Crippen LogP contribution in [0, 0.1) is 23.0 Å². The minimum Gasteiger partial charge on any atom is -0.490 e. The maximum Gasteiger partial charge on any atom is 0.165 e. The molecule has 2 unspecified atom stereocenters. The van der Waals surface area contributed by atoms with Crippen molar-refractivity contribution in [3.05, 3.63) is 64.7 Å². The Kier molecular flexibility index (Phi) is 6.39. The molecule has 2 aliphatic carbocycles. The Hall–Kier alpha value is -1.90. The van der Waals surface area contributed by atoms with Crippen LogP contribution >= 0.6 is 0 Å². The Morgan fingerprint density at radius 3 is 2.21 bits per heavy atom. The third kappa shape index (κ3) is 5.28. The van der Waals surface area contributed by atoms with Crippen LogP contribution in [0.5, 0.6) is 5.75 Å². The van der Waals surface area contributed by atoms with E-state index in [-0.39, 0.29) is 27.9 Å². The molecular formula is C30H40F2O. The van der Waals surface area contributed by atoms with Gasteiger partial charge in [-0.25, -0.2) is 8.78 Å². The van der Waals surface area contributed by atoms with E-state index in [0.717, 1.165) is 36.8 Å². The summed E-state index contributed by atoms with van der Waals surface area (Å²) < 4.78 is 35.0. The molecule has 0 bridgehead atoms. The topological polar surface area (TPSA) is 9.23 Å². The van der Waals surface area contributed by atoms with Gasteiger partial charge in [-0.3, -0.25) is 0 Å². The lowest BCUT2D eigenvalue weighted by molar-refractivity contribution is 0.217. The van der Waals surface area contributed by atoms with E-state index >= 15 is 0 Å². The van der Waals surface area contributed by atoms with E-state index in [0.29, 0.717) is 24.2 Å². The highest BCUT2D eigenvalue weighted by Gasteiger charge is 2.52. The van der Waals surface area contributed by atoms with Gasteiger partial charge in [-0.15, -0.1) is 0 Å². The Labute approximate surface area is 198 Å². The predicted octanol–water partition coefficient (Wildman–Crippen LogP) is 8.69. The van der Waals surface area contributed by atoms with Crippen molar-refractivity contribution in [2.45, 2.75) is 96.8 Å². The molecule has 2 aliphatic rings. The van der Waals surface area contributed by atoms with Gasteiger partial charge < -0.3 is 4.74 Å². The fourth-order valence-corrected chi connectivity index (χ4v) is 5.57. The number of benzene rings is 2. The molecule has 180 valence electrons. The Bertz CT molecular complexity index is 997. The summed E-state index contributed by atoms with van der Waals surface area (Å²) in [5.41, 5.74) is 3.18. The number of halogens is 2. The van der Waals surface area contributed by atoms with E-state index in [1.165, 1.54) is 24.5 Å². The second-order valence-electron chi connectivity index (χ2n) is 12.5. The summed E-state index contributed by atoms with van der Waals surface area (Å²) in [6.07, 6.45) is 6.72. The van der Waals surface area contributed by atoms with Crippen LogP contribution in [-0.4, -0.2) is 6.61 Å². The van der Waals surface area contributed by atoms with Crippen LogP contribution in [-0.2, 0) is 10.8 Å². The lowest BCUT2D eigenvalue weighted by Crippen LogP contribution is -2.22. The predicted molar refractivity (Wildman–Crippen MR) is 132 cm³/mol. The smallest absolute Gasteiger partial charge is 0.165 e. The van der Waals surface area contributed by atoms with Crippen LogP contribution in [0.2, 0.25) is 0 Å². The van der Waals surface area contributed by atoms with Crippen LogP contribution in [0.15, 0.2) is 36.4 Å². The summed E-state index contributed by atoms with van der Waals surface area (Å²) >= 11 is 0. The molecule has 0 amide bonds. The molecule has 0 spiro atoms. The first kappa shape index (κ1) is 24.2. The fourth-order valence-electron chi connectivity index (χ4n) is 5.57. The molecule has 4 rings (SSSR count). The molecule has 0 aliphatic heterocycles. The van der Waals surface area contributed by atoms with Gasteiger partial charge in [-0.2, -0.15) is 0 Å². The lowest BCUT2D eigenvalue weighted by atomic mass is 9.77. The van der Waals surface area contributed by atoms with Crippen molar-refractivity contribution in [2.24, 2.45) is 11.3 Å². The first-order chi connectivity index (χ1) is 15.4. The SMILES string of the molecule is CC(C)(C)c1ccc(F)c(OCC2(C)CC2CC(C)(C)c2ccc(F)c(C3CCCC3)c2)c1. The van der Waals surface area contributed by atoms with Crippen molar-refractivity contribution in [1.29, 1.82) is 0 Å². The van der Waals surface area contributed by atoms with Crippen molar-refractivity contribution >= 4 is 0 Å². The highest BCUT2D eigenvalue weighted by Crippen LogP contribution is 2.57. The molecule has 1 nitrogen and oxygen atoms in total. The van der Waals surface area contributed by atoms with Gasteiger partial charge in [-0.1, -0.05) is 72.6 Å². The van der Waals surface area contributed by atoms with Crippen LogP contribution < -0.4 is 4.74 Å². The van der Waals surface area contributed by atoms with E-state index < -0.39 is 0 Å². The molecule has 2 saturated carbocycles. The van der Waals surface area contributed by atoms with E-state index in [1.54, 1.807) is 6.07 Å². The molecule has 0 radical (unpaired) electrons. The second-order valence-corrected chi connectivity index (χ2v) is 12.5. The molecule has 0 N–H and O–H groups in total. The van der Waals surface area contributed by atoms with Crippen LogP contribution in [0.25, 0.3) is 0 Å². The van der Waals surface area contributed by atoms with Crippen molar-refractivity contribution in [3.63, 3.8) is 0 Å². The zero-order chi connectivity index (χ0) is 24.0. The Morgan fingerprint density at radius 1 is 0.909 bits per heavy atom. The fraction of sp³-hybridized carbons (Fsp3) is 0.600. The van der Waals surface area contributed by atoms with Crippen molar-refractivity contribution in [3.8, 4) is 5.75 Å². The van der Waals surface area contributed by atoms with Crippen LogP contribution in [0.4, 0.5) is 8.78 Å². The Balaban J connectivity index is 1.41. The van der Waals surface area contributed by atoms with E-state index in [4.69, 9.17) is 4.74 Å². The van der Waals surface area contributed by atoms with Gasteiger partial charge in [0, 0.05) is 5.41 Å². The molecule has 2 atom stereocenters. The molecule has 33 heavy (non-hydrogen) atoms. The van der Waals surface area contributed by atoms with Crippen LogP contribution in [0.1, 0.15) is 103 Å². The first-order valence-corrected chi connectivity index (χ1v) is 12.6. The largest absolute Gasteiger partial charge is 0.490 e. The van der Waals surface area contributed by atoms with Gasteiger partial charge in [0.15, 0.2) is 11.6 Å². The third-order valence-corrected chi connectivity index (χ3v) is 8.22. The number of hydrogen-bond donors (Lipinski definition) is 0. The molecule has 3 heteroatoms. The van der Waals surface area contributed by atoms with Gasteiger partial charge in [0.25, 0.3) is 0 Å². The quantitative estimate of drug-likeness (QED) is 0.406. The number of ether oxygens (including phenoxy) is 1. The molecule has 0 heterocycles. The van der Waals surface area contributed by atoms with Gasteiger partial charge in [-0.05, 0) is 83.2 Å². The van der Waals surface area contributed by atoms with Gasteiger partial charge in [0.1, 0.15) is 5.82 Å². The third-order valence-electron chi connectivity index (χ3n) is 8.22. The van der Waals surface area contributed by atoms with Crippen LogP contribution in [0.3, 0.4) is 0 Å². The summed E-state index contributed by atoms with van der Waals surface area (Å²) in [5.74, 6) is 0.897. The lowest BCUT2D eigenvalue weighted by Gasteiger charge is -2.28. The van der Waals surface area contributed by atoms with Gasteiger partial charge >= 0.3 is 0 Å². The average Bonchev–Trinajstić information content (AvgIpc) is 3.12. The van der Waals surface area contributed by atoms with Crippen molar-refractivity contribution < 1.29 is 13.5 Å². The average molecular weight is 455 g/mol. The highest BCUT2D eigenvalue weighted by atomic mass is 19.1. The molecule has 0 aromatic heterocycles. The summed E-state index contributed by atoms with van der Waals surface area (Å²) in [5, 5.41) is 0. The van der Waals surface area contributed by atoms with E-state index in [1.807, 2.05) is 18.2 Å². The second kappa shape index (κ2) is 8.71. The summed E-state index contributed by atoms with van der Waals surface area (Å²) in [4.78, 5) is 0. The van der Waals surface area contributed by atoms with E-state index in [2.05, 4.69) is 47.6 Å². The summed E-state index contributed by atoms with van der Waals surface area (Å²) in [7, 11) is 0. The minimum absolute atomic E-state index is 0.0408. The minimum atomic E-state index is -0.296. The normalized spacial score (nSPS) is 23.7. The maximum atomic E-state index is 14.6. The molecule has 0 saturated heterocycles. The first-order valence-electron chi connectivity index (χ1n) is 12.6. The summed E-state index contributed by atoms with van der Waals surface area (Å²) in [6.45, 7) is 13.7. The zero-order valence-electron chi connectivity index (χ0n) is 21.2. The standard InChI is InChI=1S/C30H40F2O/c1-28(2,3)21-11-14-26(32)27(16-21)33-19-30(6)18-23(30)17-29(4,5)22-12-13-25(31)24(15-22)20-9-7-8-10-20/h11-16,20,23H,7-10,17-19H2,1-6H3. The molecule has 2 fully saturated rings. The van der Waals surface area contributed by atoms with Gasteiger partial charge in [0.2, 0.25) is 0 Å². The number of rotatable bonds is 7. The summed E-state index contributed by atoms with van der Waals surface area (Å²) in [6, 6.07) is 11.0. The zero-order valence-corrected chi connectivity index (χ0v) is 21.2. The Morgan fingerprint density at radius 2 is 1.55 bits per heavy atom. The molecular weight excluding hydrogens is 414 g/mol. The van der Waals surface area contributed by atoms with Gasteiger partial charge in [0.05, 0.1) is 6.61 Å². The molecule has 2 aromatic carbocycles. The van der Waals surface area contributed by atoms with Crippen molar-refractivity contribution in [2.75, 3.05) is 6.61 Å². The van der Waals surface area contributed by atoms with E-state index in [9.17, 15) is 8.78 Å². The molecule has 2 aromatic rings. The monoisotopic (exact) mass is 454 g/mol.